The van der Waals surface area contributed by atoms with Crippen molar-refractivity contribution in [2.24, 2.45) is 23.0 Å². The van der Waals surface area contributed by atoms with Crippen molar-refractivity contribution < 1.29 is 9.59 Å². The predicted octanol–water partition coefficient (Wildman–Crippen LogP) is 1.70. The maximum atomic E-state index is 12.4. The first kappa shape index (κ1) is 13.2. The molecule has 1 aromatic rings. The first-order valence-corrected chi connectivity index (χ1v) is 8.45. The second-order valence-corrected chi connectivity index (χ2v) is 7.93. The SMILES string of the molecule is NC(=O)C12CC3CC(CC(NC(=O)c4cscn4)(C3)C1)C2. The summed E-state index contributed by atoms with van der Waals surface area (Å²) >= 11 is 1.42. The molecule has 2 atom stereocenters. The fourth-order valence-corrected chi connectivity index (χ4v) is 5.86. The zero-order chi connectivity index (χ0) is 14.7. The molecule has 112 valence electrons. The smallest absolute Gasteiger partial charge is 0.271 e. The molecule has 1 heterocycles. The number of hydrogen-bond acceptors (Lipinski definition) is 4. The van der Waals surface area contributed by atoms with Gasteiger partial charge in [0.05, 0.1) is 10.9 Å². The van der Waals surface area contributed by atoms with Gasteiger partial charge in [-0.2, -0.15) is 0 Å². The molecule has 4 saturated carbocycles. The maximum Gasteiger partial charge on any atom is 0.271 e. The van der Waals surface area contributed by atoms with Crippen LogP contribution in [-0.2, 0) is 4.79 Å². The molecule has 21 heavy (non-hydrogen) atoms. The standard InChI is InChI=1S/C15H19N3O2S/c16-13(20)14-2-9-1-10(3-14)5-15(4-9,7-14)18-12(19)11-6-21-8-17-11/h6,8-10H,1-5,7H2,(H2,16,20)(H,18,19). The fraction of sp³-hybridized carbons (Fsp3) is 0.667. The molecule has 0 aromatic carbocycles. The average molecular weight is 305 g/mol. The van der Waals surface area contributed by atoms with E-state index >= 15 is 0 Å². The highest BCUT2D eigenvalue weighted by atomic mass is 32.1. The summed E-state index contributed by atoms with van der Waals surface area (Å²) in [5.74, 6) is 0.755. The van der Waals surface area contributed by atoms with Gasteiger partial charge in [0.2, 0.25) is 5.91 Å². The molecule has 6 heteroatoms. The quantitative estimate of drug-likeness (QED) is 0.891. The minimum absolute atomic E-state index is 0.113. The number of aromatic nitrogens is 1. The molecule has 2 amide bonds. The summed E-state index contributed by atoms with van der Waals surface area (Å²) in [6, 6.07) is 0. The number of nitrogens with zero attached hydrogens (tertiary/aromatic N) is 1. The third-order valence-corrected chi connectivity index (χ3v) is 6.21. The molecule has 4 aliphatic rings. The van der Waals surface area contributed by atoms with E-state index in [1.165, 1.54) is 17.8 Å². The number of primary amides is 1. The monoisotopic (exact) mass is 305 g/mol. The van der Waals surface area contributed by atoms with Crippen LogP contribution >= 0.6 is 11.3 Å². The topological polar surface area (TPSA) is 85.1 Å². The lowest BCUT2D eigenvalue weighted by Crippen LogP contribution is -2.65. The summed E-state index contributed by atoms with van der Waals surface area (Å²) in [4.78, 5) is 28.5. The van der Waals surface area contributed by atoms with Gasteiger partial charge in [-0.15, -0.1) is 11.3 Å². The first-order valence-electron chi connectivity index (χ1n) is 7.51. The number of hydrogen-bond donors (Lipinski definition) is 2. The molecule has 0 saturated heterocycles. The Morgan fingerprint density at radius 1 is 1.29 bits per heavy atom. The van der Waals surface area contributed by atoms with Crippen molar-refractivity contribution in [2.75, 3.05) is 0 Å². The van der Waals surface area contributed by atoms with Crippen molar-refractivity contribution in [2.45, 2.75) is 44.1 Å². The Hall–Kier alpha value is -1.43. The van der Waals surface area contributed by atoms with Gasteiger partial charge < -0.3 is 11.1 Å². The number of thiazole rings is 1. The molecule has 3 N–H and O–H groups in total. The van der Waals surface area contributed by atoms with Crippen molar-refractivity contribution in [3.63, 3.8) is 0 Å². The fourth-order valence-electron chi connectivity index (χ4n) is 5.33. The van der Waals surface area contributed by atoms with Crippen LogP contribution in [0.5, 0.6) is 0 Å². The number of carbonyl (C=O) groups is 2. The highest BCUT2D eigenvalue weighted by Crippen LogP contribution is 2.61. The Labute approximate surface area is 127 Å². The van der Waals surface area contributed by atoms with Crippen molar-refractivity contribution in [3.05, 3.63) is 16.6 Å². The Balaban J connectivity index is 1.62. The molecule has 0 spiro atoms. The molecule has 4 aliphatic carbocycles. The minimum Gasteiger partial charge on any atom is -0.369 e. The molecule has 5 nitrogen and oxygen atoms in total. The summed E-state index contributed by atoms with van der Waals surface area (Å²) in [6.07, 6.45) is 5.67. The summed E-state index contributed by atoms with van der Waals surface area (Å²) < 4.78 is 0. The maximum absolute atomic E-state index is 12.4. The lowest BCUT2D eigenvalue weighted by Gasteiger charge is -2.61. The van der Waals surface area contributed by atoms with Gasteiger partial charge in [0, 0.05) is 10.9 Å². The van der Waals surface area contributed by atoms with Crippen molar-refractivity contribution >= 4 is 23.2 Å². The summed E-state index contributed by atoms with van der Waals surface area (Å²) in [7, 11) is 0. The third-order valence-electron chi connectivity index (χ3n) is 5.63. The third kappa shape index (κ3) is 1.99. The van der Waals surface area contributed by atoms with Crippen LogP contribution < -0.4 is 11.1 Å². The molecule has 2 unspecified atom stereocenters. The Morgan fingerprint density at radius 3 is 2.57 bits per heavy atom. The highest BCUT2D eigenvalue weighted by molar-refractivity contribution is 7.07. The minimum atomic E-state index is -0.389. The lowest BCUT2D eigenvalue weighted by molar-refractivity contribution is -0.146. The van der Waals surface area contributed by atoms with E-state index in [1.807, 2.05) is 0 Å². The van der Waals surface area contributed by atoms with Crippen LogP contribution in [0, 0.1) is 17.3 Å². The normalized spacial score (nSPS) is 40.2. The Kier molecular flexibility index (Phi) is 2.70. The summed E-state index contributed by atoms with van der Waals surface area (Å²) in [6.45, 7) is 0. The van der Waals surface area contributed by atoms with Gasteiger partial charge in [-0.1, -0.05) is 0 Å². The number of amides is 2. The lowest BCUT2D eigenvalue weighted by atomic mass is 9.46. The van der Waals surface area contributed by atoms with Crippen LogP contribution in [0.3, 0.4) is 0 Å². The van der Waals surface area contributed by atoms with Gasteiger partial charge in [-0.05, 0) is 50.4 Å². The second kappa shape index (κ2) is 4.29. The number of nitrogens with two attached hydrogens (primary N) is 1. The van der Waals surface area contributed by atoms with Crippen molar-refractivity contribution in [1.82, 2.24) is 10.3 Å². The van der Waals surface area contributed by atoms with Crippen molar-refractivity contribution in [3.8, 4) is 0 Å². The number of nitrogens with one attached hydrogen (secondary N) is 1. The van der Waals surface area contributed by atoms with Gasteiger partial charge in [-0.3, -0.25) is 9.59 Å². The summed E-state index contributed by atoms with van der Waals surface area (Å²) in [5, 5.41) is 4.97. The summed E-state index contributed by atoms with van der Waals surface area (Å²) in [5.41, 5.74) is 7.22. The van der Waals surface area contributed by atoms with E-state index in [9.17, 15) is 9.59 Å². The largest absolute Gasteiger partial charge is 0.369 e. The Morgan fingerprint density at radius 2 is 2.00 bits per heavy atom. The molecule has 0 radical (unpaired) electrons. The van der Waals surface area contributed by atoms with Crippen LogP contribution in [0.4, 0.5) is 0 Å². The van der Waals surface area contributed by atoms with Crippen LogP contribution in [0.2, 0.25) is 0 Å². The van der Waals surface area contributed by atoms with Gasteiger partial charge in [-0.25, -0.2) is 4.98 Å². The van der Waals surface area contributed by atoms with Gasteiger partial charge in [0.1, 0.15) is 5.69 Å². The van der Waals surface area contributed by atoms with Crippen LogP contribution in [0.1, 0.15) is 49.0 Å². The van der Waals surface area contributed by atoms with Crippen LogP contribution in [-0.4, -0.2) is 22.3 Å². The molecule has 4 bridgehead atoms. The zero-order valence-electron chi connectivity index (χ0n) is 11.8. The van der Waals surface area contributed by atoms with E-state index in [0.29, 0.717) is 24.0 Å². The van der Waals surface area contributed by atoms with Gasteiger partial charge in [0.25, 0.3) is 5.91 Å². The molecule has 0 aliphatic heterocycles. The molecule has 5 rings (SSSR count). The number of rotatable bonds is 3. The average Bonchev–Trinajstić information content (AvgIpc) is 2.90. The molecule has 4 fully saturated rings. The van der Waals surface area contributed by atoms with Gasteiger partial charge >= 0.3 is 0 Å². The zero-order valence-corrected chi connectivity index (χ0v) is 12.6. The van der Waals surface area contributed by atoms with E-state index in [0.717, 1.165) is 25.7 Å². The molecular formula is C15H19N3O2S. The predicted molar refractivity (Wildman–Crippen MR) is 78.6 cm³/mol. The number of carbonyl (C=O) groups excluding carboxylic acids is 2. The highest BCUT2D eigenvalue weighted by Gasteiger charge is 2.60. The van der Waals surface area contributed by atoms with E-state index < -0.39 is 0 Å². The van der Waals surface area contributed by atoms with Crippen LogP contribution in [0.15, 0.2) is 10.9 Å². The second-order valence-electron chi connectivity index (χ2n) is 7.21. The van der Waals surface area contributed by atoms with Crippen LogP contribution in [0.25, 0.3) is 0 Å². The van der Waals surface area contributed by atoms with E-state index in [2.05, 4.69) is 10.3 Å². The van der Waals surface area contributed by atoms with Crippen molar-refractivity contribution in [1.29, 1.82) is 0 Å². The van der Waals surface area contributed by atoms with E-state index in [4.69, 9.17) is 5.73 Å². The first-order chi connectivity index (χ1) is 10.0. The molecular weight excluding hydrogens is 286 g/mol. The molecule has 1 aromatic heterocycles. The Bertz CT molecular complexity index is 584. The van der Waals surface area contributed by atoms with Gasteiger partial charge in [0.15, 0.2) is 0 Å². The van der Waals surface area contributed by atoms with E-state index in [-0.39, 0.29) is 22.8 Å². The van der Waals surface area contributed by atoms with E-state index in [1.54, 1.807) is 10.9 Å².